The first-order chi connectivity index (χ1) is 9.47. The summed E-state index contributed by atoms with van der Waals surface area (Å²) in [7, 11) is 0. The lowest BCUT2D eigenvalue weighted by Gasteiger charge is -2.40. The Morgan fingerprint density at radius 2 is 1.95 bits per heavy atom. The molecule has 1 unspecified atom stereocenters. The van der Waals surface area contributed by atoms with Crippen LogP contribution in [0.2, 0.25) is 0 Å². The Hall–Kier alpha value is -1.21. The Bertz CT molecular complexity index is 417. The van der Waals surface area contributed by atoms with E-state index in [0.717, 1.165) is 6.42 Å². The van der Waals surface area contributed by atoms with Crippen molar-refractivity contribution in [1.82, 2.24) is 10.2 Å². The van der Waals surface area contributed by atoms with Gasteiger partial charge in [-0.05, 0) is 19.8 Å². The highest BCUT2D eigenvalue weighted by Crippen LogP contribution is 2.41. The fraction of sp³-hybridized carbons (Fsp3) is 0.769. The number of nitrogens with one attached hydrogen (secondary N) is 1. The predicted octanol–water partition coefficient (Wildman–Crippen LogP) is -0.194. The van der Waals surface area contributed by atoms with Gasteiger partial charge in [-0.15, -0.1) is 0 Å². The molecule has 1 aliphatic carbocycles. The van der Waals surface area contributed by atoms with Crippen molar-refractivity contribution >= 4 is 29.0 Å². The van der Waals surface area contributed by atoms with E-state index >= 15 is 0 Å². The number of hydrogen-bond donors (Lipinski definition) is 2. The van der Waals surface area contributed by atoms with Crippen molar-refractivity contribution in [1.29, 1.82) is 0 Å². The summed E-state index contributed by atoms with van der Waals surface area (Å²) >= 11 is 5.01. The summed E-state index contributed by atoms with van der Waals surface area (Å²) in [6, 6.07) is -0.563. The maximum atomic E-state index is 12.3. The van der Waals surface area contributed by atoms with Crippen LogP contribution in [0.25, 0.3) is 0 Å². The van der Waals surface area contributed by atoms with Crippen LogP contribution in [0.5, 0.6) is 0 Å². The van der Waals surface area contributed by atoms with Crippen LogP contribution in [0.15, 0.2) is 0 Å². The van der Waals surface area contributed by atoms with E-state index in [4.69, 9.17) is 22.7 Å². The molecule has 2 fully saturated rings. The van der Waals surface area contributed by atoms with Crippen LogP contribution in [0.1, 0.15) is 26.2 Å². The number of morpholine rings is 1. The van der Waals surface area contributed by atoms with Crippen molar-refractivity contribution in [2.24, 2.45) is 11.1 Å². The van der Waals surface area contributed by atoms with E-state index < -0.39 is 11.5 Å². The number of carbonyl (C=O) groups excluding carboxylic acids is 2. The third-order valence-electron chi connectivity index (χ3n) is 4.15. The van der Waals surface area contributed by atoms with Crippen molar-refractivity contribution in [3.05, 3.63) is 0 Å². The quantitative estimate of drug-likeness (QED) is 0.703. The van der Waals surface area contributed by atoms with Crippen LogP contribution in [-0.2, 0) is 14.3 Å². The molecule has 1 saturated carbocycles. The molecule has 0 aromatic heterocycles. The van der Waals surface area contributed by atoms with Crippen LogP contribution in [0.3, 0.4) is 0 Å². The first kappa shape index (κ1) is 15.2. The third kappa shape index (κ3) is 2.78. The lowest BCUT2D eigenvalue weighted by molar-refractivity contribution is -0.141. The number of carbonyl (C=O) groups is 2. The second-order valence-electron chi connectivity index (χ2n) is 5.43. The highest BCUT2D eigenvalue weighted by atomic mass is 32.1. The zero-order valence-corrected chi connectivity index (χ0v) is 12.5. The fourth-order valence-corrected chi connectivity index (χ4v) is 2.87. The van der Waals surface area contributed by atoms with Gasteiger partial charge in [0.15, 0.2) is 0 Å². The number of thiocarbonyl (C=S) groups is 1. The maximum Gasteiger partial charge on any atom is 0.245 e. The number of hydrogen-bond acceptors (Lipinski definition) is 4. The van der Waals surface area contributed by atoms with Crippen LogP contribution < -0.4 is 11.1 Å². The SMILES string of the molecule is CC(NC(=O)C1(C(N)=S)CCC1)C(=O)N1CCOCC1. The minimum atomic E-state index is -0.741. The third-order valence-corrected chi connectivity index (χ3v) is 4.54. The van der Waals surface area contributed by atoms with Gasteiger partial charge in [0.2, 0.25) is 11.8 Å². The minimum Gasteiger partial charge on any atom is -0.392 e. The van der Waals surface area contributed by atoms with Crippen molar-refractivity contribution < 1.29 is 14.3 Å². The first-order valence-corrected chi connectivity index (χ1v) is 7.35. The molecule has 2 rings (SSSR count). The van der Waals surface area contributed by atoms with Crippen molar-refractivity contribution in [2.45, 2.75) is 32.2 Å². The van der Waals surface area contributed by atoms with Gasteiger partial charge < -0.3 is 20.7 Å². The molecule has 1 saturated heterocycles. The van der Waals surface area contributed by atoms with Crippen LogP contribution in [-0.4, -0.2) is 54.0 Å². The van der Waals surface area contributed by atoms with Gasteiger partial charge in [0.1, 0.15) is 6.04 Å². The summed E-state index contributed by atoms with van der Waals surface area (Å²) in [5, 5.41) is 2.76. The van der Waals surface area contributed by atoms with E-state index in [0.29, 0.717) is 39.1 Å². The first-order valence-electron chi connectivity index (χ1n) is 6.95. The Morgan fingerprint density at radius 3 is 2.40 bits per heavy atom. The van der Waals surface area contributed by atoms with Gasteiger partial charge in [-0.3, -0.25) is 9.59 Å². The highest BCUT2D eigenvalue weighted by Gasteiger charge is 2.47. The summed E-state index contributed by atoms with van der Waals surface area (Å²) in [5.41, 5.74) is 4.95. The molecule has 3 N–H and O–H groups in total. The topological polar surface area (TPSA) is 84.7 Å². The average molecular weight is 299 g/mol. The molecule has 7 heteroatoms. The van der Waals surface area contributed by atoms with Crippen molar-refractivity contribution in [3.8, 4) is 0 Å². The summed E-state index contributed by atoms with van der Waals surface area (Å²) < 4.78 is 5.21. The fourth-order valence-electron chi connectivity index (χ4n) is 2.57. The summed E-state index contributed by atoms with van der Waals surface area (Å²) in [4.78, 5) is 26.5. The number of nitrogens with two attached hydrogens (primary N) is 1. The molecule has 1 heterocycles. The van der Waals surface area contributed by atoms with Gasteiger partial charge in [-0.25, -0.2) is 0 Å². The molecule has 6 nitrogen and oxygen atoms in total. The van der Waals surface area contributed by atoms with Gasteiger partial charge in [-0.1, -0.05) is 18.6 Å². The van der Waals surface area contributed by atoms with Gasteiger partial charge >= 0.3 is 0 Å². The Morgan fingerprint density at radius 1 is 1.35 bits per heavy atom. The molecule has 0 bridgehead atoms. The predicted molar refractivity (Wildman–Crippen MR) is 78.1 cm³/mol. The van der Waals surface area contributed by atoms with E-state index in [1.165, 1.54) is 0 Å². The average Bonchev–Trinajstić information content (AvgIpc) is 2.36. The monoisotopic (exact) mass is 299 g/mol. The number of nitrogens with zero attached hydrogens (tertiary/aromatic N) is 1. The molecule has 0 spiro atoms. The van der Waals surface area contributed by atoms with E-state index in [2.05, 4.69) is 5.32 Å². The highest BCUT2D eigenvalue weighted by molar-refractivity contribution is 7.80. The zero-order chi connectivity index (χ0) is 14.8. The normalized spacial score (nSPS) is 22.6. The molecule has 1 atom stereocenters. The minimum absolute atomic E-state index is 0.0842. The summed E-state index contributed by atoms with van der Waals surface area (Å²) in [6.07, 6.45) is 2.29. The maximum absolute atomic E-state index is 12.3. The van der Waals surface area contributed by atoms with E-state index in [-0.39, 0.29) is 16.8 Å². The number of rotatable bonds is 4. The Balaban J connectivity index is 1.93. The Kier molecular flexibility index (Phi) is 4.59. The standard InChI is InChI=1S/C13H21N3O3S/c1-9(10(17)16-5-7-19-8-6-16)15-12(18)13(11(14)20)3-2-4-13/h9H,2-8H2,1H3,(H2,14,20)(H,15,18). The second kappa shape index (κ2) is 6.05. The van der Waals surface area contributed by atoms with Crippen LogP contribution in [0.4, 0.5) is 0 Å². The van der Waals surface area contributed by atoms with E-state index in [1.807, 2.05) is 0 Å². The summed E-state index contributed by atoms with van der Waals surface area (Å²) in [6.45, 7) is 3.92. The molecule has 20 heavy (non-hydrogen) atoms. The zero-order valence-electron chi connectivity index (χ0n) is 11.7. The molecule has 1 aliphatic heterocycles. The molecule has 2 amide bonds. The van der Waals surface area contributed by atoms with E-state index in [9.17, 15) is 9.59 Å². The van der Waals surface area contributed by atoms with Crippen molar-refractivity contribution in [3.63, 3.8) is 0 Å². The summed E-state index contributed by atoms with van der Waals surface area (Å²) in [5.74, 6) is -0.301. The molecule has 2 aliphatic rings. The second-order valence-corrected chi connectivity index (χ2v) is 5.87. The van der Waals surface area contributed by atoms with Gasteiger partial charge in [0, 0.05) is 13.1 Å². The van der Waals surface area contributed by atoms with Gasteiger partial charge in [-0.2, -0.15) is 0 Å². The van der Waals surface area contributed by atoms with Crippen LogP contribution in [0, 0.1) is 5.41 Å². The molecule has 0 aromatic rings. The lowest BCUT2D eigenvalue weighted by atomic mass is 9.68. The molecular weight excluding hydrogens is 278 g/mol. The number of ether oxygens (including phenoxy) is 1. The van der Waals surface area contributed by atoms with Crippen LogP contribution >= 0.6 is 12.2 Å². The number of amides is 2. The molecule has 0 radical (unpaired) electrons. The molecule has 0 aromatic carbocycles. The Labute approximate surface area is 124 Å². The smallest absolute Gasteiger partial charge is 0.245 e. The largest absolute Gasteiger partial charge is 0.392 e. The van der Waals surface area contributed by atoms with E-state index in [1.54, 1.807) is 11.8 Å². The van der Waals surface area contributed by atoms with Crippen molar-refractivity contribution in [2.75, 3.05) is 26.3 Å². The van der Waals surface area contributed by atoms with Gasteiger partial charge in [0.05, 0.1) is 23.6 Å². The lowest BCUT2D eigenvalue weighted by Crippen LogP contribution is -2.58. The molecular formula is C13H21N3O3S. The molecule has 112 valence electrons. The van der Waals surface area contributed by atoms with Gasteiger partial charge in [0.25, 0.3) is 0 Å².